The van der Waals surface area contributed by atoms with Gasteiger partial charge in [-0.05, 0) is 87.1 Å². The van der Waals surface area contributed by atoms with Gasteiger partial charge in [-0.15, -0.1) is 9.46 Å². The number of hydrogen-bond acceptors (Lipinski definition) is 9. The normalized spacial score (nSPS) is 31.9. The van der Waals surface area contributed by atoms with Gasteiger partial charge in [0.05, 0.1) is 36.9 Å². The zero-order chi connectivity index (χ0) is 37.7. The second-order valence-corrected chi connectivity index (χ2v) is 17.7. The van der Waals surface area contributed by atoms with Gasteiger partial charge in [-0.25, -0.2) is 4.21 Å². The van der Waals surface area contributed by atoms with Crippen LogP contribution in [0.25, 0.3) is 0 Å². The summed E-state index contributed by atoms with van der Waals surface area (Å²) in [5.74, 6) is -0.949. The first kappa shape index (κ1) is 37.1. The van der Waals surface area contributed by atoms with E-state index in [2.05, 4.69) is 44.2 Å². The topological polar surface area (TPSA) is 145 Å². The molecule has 8 atom stereocenters. The minimum atomic E-state index is -3.85. The Balaban J connectivity index is 1.34. The van der Waals surface area contributed by atoms with Gasteiger partial charge in [-0.3, -0.25) is 19.0 Å². The van der Waals surface area contributed by atoms with Crippen molar-refractivity contribution >= 4 is 27.4 Å². The number of methoxy groups -OCH3 is 2. The van der Waals surface area contributed by atoms with Crippen molar-refractivity contribution in [2.24, 2.45) is 29.2 Å². The van der Waals surface area contributed by atoms with Crippen molar-refractivity contribution in [3.8, 4) is 11.6 Å². The fourth-order valence-electron chi connectivity index (χ4n) is 8.64. The first-order chi connectivity index (χ1) is 25.3. The van der Waals surface area contributed by atoms with Gasteiger partial charge in [0.15, 0.2) is 0 Å². The third-order valence-electron chi connectivity index (χ3n) is 12.1. The lowest BCUT2D eigenvalue weighted by molar-refractivity contribution is 0.0124. The average Bonchev–Trinajstić information content (AvgIpc) is 3.45. The summed E-state index contributed by atoms with van der Waals surface area (Å²) in [6.45, 7) is 7.41. The number of rotatable bonds is 4. The van der Waals surface area contributed by atoms with Crippen LogP contribution < -0.4 is 19.1 Å². The molecule has 53 heavy (non-hydrogen) atoms. The summed E-state index contributed by atoms with van der Waals surface area (Å²) >= 11 is 0. The molecule has 3 heterocycles. The van der Waals surface area contributed by atoms with E-state index in [1.54, 1.807) is 46.2 Å². The van der Waals surface area contributed by atoms with Crippen molar-refractivity contribution in [2.45, 2.75) is 75.7 Å². The molecular formula is C40H51N5O7S. The van der Waals surface area contributed by atoms with E-state index in [1.165, 1.54) is 34.7 Å². The van der Waals surface area contributed by atoms with Crippen LogP contribution in [0.4, 0.5) is 5.69 Å². The van der Waals surface area contributed by atoms with Crippen molar-refractivity contribution in [1.29, 1.82) is 0 Å². The molecule has 1 fully saturated rings. The quantitative estimate of drug-likeness (QED) is 0.346. The molecule has 1 saturated carbocycles. The minimum Gasteiger partial charge on any atom is -0.490 e. The number of carbonyl (C=O) groups excluding carboxylic acids is 2. The number of aliphatic hydroxyl groups excluding tert-OH is 1. The molecule has 4 aliphatic rings. The standard InChI is InChI=1S/C40H51N5O7S/c1-24-9-13-32-27(18-24)8-7-17-40(32)22-45-20-29-10-12-30(29)35(50-5)16-14-34(46)25(2)26(3)53(49,43-38(48)31-21-44(4)41-39(31)51-6)42-37(47)28-11-15-36(52-23-40)33(45)19-28/h9,11,13-16,18-19,21,25-26,29-30,34-35,46H,7-8,10,12,17,20,22-23H2,1-6H3,(H,42,43,47,48,49)/b16-14+/t25-,26-,29+,30-,34+,35+,40+,53?/m1/s1. The van der Waals surface area contributed by atoms with E-state index in [1.807, 2.05) is 12.1 Å². The number of nitrogens with zero attached hydrogens (tertiary/aromatic N) is 4. The van der Waals surface area contributed by atoms with Crippen LogP contribution >= 0.6 is 0 Å². The Morgan fingerprint density at radius 1 is 1.13 bits per heavy atom. The molecule has 284 valence electrons. The summed E-state index contributed by atoms with van der Waals surface area (Å²) in [6.07, 6.45) is 8.79. The lowest BCUT2D eigenvalue weighted by Gasteiger charge is -2.46. The highest BCUT2D eigenvalue weighted by atomic mass is 32.2. The van der Waals surface area contributed by atoms with Crippen LogP contribution in [0.5, 0.6) is 11.6 Å². The Labute approximate surface area is 312 Å². The average molecular weight is 746 g/mol. The predicted molar refractivity (Wildman–Crippen MR) is 203 cm³/mol. The van der Waals surface area contributed by atoms with E-state index in [4.69, 9.17) is 14.2 Å². The summed E-state index contributed by atoms with van der Waals surface area (Å²) in [4.78, 5) is 30.2. The van der Waals surface area contributed by atoms with Gasteiger partial charge in [0, 0.05) is 50.3 Å². The zero-order valence-electron chi connectivity index (χ0n) is 31.4. The van der Waals surface area contributed by atoms with Crippen LogP contribution in [0.3, 0.4) is 0 Å². The summed E-state index contributed by atoms with van der Waals surface area (Å²) in [5, 5.41) is 14.6. The van der Waals surface area contributed by atoms with E-state index in [0.717, 1.165) is 44.3 Å². The molecule has 1 unspecified atom stereocenters. The number of benzene rings is 2. The van der Waals surface area contributed by atoms with Crippen molar-refractivity contribution in [3.63, 3.8) is 0 Å². The number of amides is 2. The Bertz CT molecular complexity index is 2050. The second kappa shape index (κ2) is 14.6. The molecule has 0 saturated heterocycles. The smallest absolute Gasteiger partial charge is 0.286 e. The number of anilines is 1. The predicted octanol–water partition coefficient (Wildman–Crippen LogP) is 5.16. The summed E-state index contributed by atoms with van der Waals surface area (Å²) in [6, 6.07) is 12.0. The van der Waals surface area contributed by atoms with E-state index in [0.29, 0.717) is 24.8 Å². The maximum Gasteiger partial charge on any atom is 0.286 e. The van der Waals surface area contributed by atoms with Crippen molar-refractivity contribution in [2.75, 3.05) is 38.8 Å². The third kappa shape index (κ3) is 6.99. The molecule has 2 aliphatic heterocycles. The first-order valence-corrected chi connectivity index (χ1v) is 20.1. The highest BCUT2D eigenvalue weighted by molar-refractivity contribution is 7.93. The molecule has 2 N–H and O–H groups in total. The van der Waals surface area contributed by atoms with E-state index in [-0.39, 0.29) is 34.4 Å². The molecule has 3 aromatic rings. The Morgan fingerprint density at radius 3 is 2.68 bits per heavy atom. The number of aromatic nitrogens is 2. The number of aryl methyl sites for hydroxylation is 3. The summed E-state index contributed by atoms with van der Waals surface area (Å²) in [5.41, 5.74) is 4.73. The number of carbonyl (C=O) groups is 2. The van der Waals surface area contributed by atoms with E-state index in [9.17, 15) is 18.9 Å². The van der Waals surface area contributed by atoms with Crippen LogP contribution in [0.1, 0.15) is 76.9 Å². The molecule has 13 heteroatoms. The largest absolute Gasteiger partial charge is 0.490 e. The minimum absolute atomic E-state index is 0.0375. The number of aliphatic hydroxyl groups is 1. The fraction of sp³-hybridized carbons (Fsp3) is 0.525. The van der Waals surface area contributed by atoms with Crippen molar-refractivity contribution in [1.82, 2.24) is 14.5 Å². The molecular weight excluding hydrogens is 695 g/mol. The van der Waals surface area contributed by atoms with Crippen LogP contribution in [0, 0.1) is 24.7 Å². The molecule has 1 spiro atoms. The van der Waals surface area contributed by atoms with Crippen LogP contribution in [-0.2, 0) is 33.5 Å². The van der Waals surface area contributed by atoms with Crippen LogP contribution in [0.2, 0.25) is 0 Å². The summed E-state index contributed by atoms with van der Waals surface area (Å²) < 4.78 is 41.2. The van der Waals surface area contributed by atoms with Crippen molar-refractivity contribution < 1.29 is 33.1 Å². The molecule has 2 amide bonds. The van der Waals surface area contributed by atoms with Gasteiger partial charge >= 0.3 is 0 Å². The highest BCUT2D eigenvalue weighted by Crippen LogP contribution is 2.47. The molecule has 2 aromatic carbocycles. The lowest BCUT2D eigenvalue weighted by Crippen LogP contribution is -2.49. The highest BCUT2D eigenvalue weighted by Gasteiger charge is 2.44. The molecule has 2 aliphatic carbocycles. The Hall–Kier alpha value is -4.20. The third-order valence-corrected chi connectivity index (χ3v) is 14.4. The molecule has 2 bridgehead atoms. The molecule has 12 nitrogen and oxygen atoms in total. The zero-order valence-corrected chi connectivity index (χ0v) is 32.2. The van der Waals surface area contributed by atoms with E-state index >= 15 is 0 Å². The van der Waals surface area contributed by atoms with E-state index < -0.39 is 39.0 Å². The number of fused-ring (bicyclic) bond motifs is 4. The Morgan fingerprint density at radius 2 is 1.94 bits per heavy atom. The van der Waals surface area contributed by atoms with Crippen LogP contribution in [0.15, 0.2) is 59.1 Å². The molecule has 1 aromatic heterocycles. The first-order valence-electron chi connectivity index (χ1n) is 18.6. The van der Waals surface area contributed by atoms with Crippen molar-refractivity contribution in [3.05, 3.63) is 82.6 Å². The van der Waals surface area contributed by atoms with Crippen LogP contribution in [-0.4, -0.2) is 82.3 Å². The second-order valence-electron chi connectivity index (χ2n) is 15.4. The lowest BCUT2D eigenvalue weighted by atomic mass is 9.68. The molecule has 7 rings (SSSR count). The number of hydrogen-bond donors (Lipinski definition) is 2. The number of nitrogens with one attached hydrogen (secondary N) is 1. The van der Waals surface area contributed by atoms with Gasteiger partial charge in [-0.1, -0.05) is 42.8 Å². The number of ether oxygens (including phenoxy) is 3. The van der Waals surface area contributed by atoms with Gasteiger partial charge in [0.25, 0.3) is 11.8 Å². The maximum atomic E-state index is 14.9. The van der Waals surface area contributed by atoms with Gasteiger partial charge < -0.3 is 24.2 Å². The Kier molecular flexibility index (Phi) is 10.2. The molecule has 0 radical (unpaired) electrons. The van der Waals surface area contributed by atoms with Gasteiger partial charge in [0.2, 0.25) is 5.88 Å². The van der Waals surface area contributed by atoms with Gasteiger partial charge in [0.1, 0.15) is 21.2 Å². The summed E-state index contributed by atoms with van der Waals surface area (Å²) in [7, 11) is 0.852. The maximum absolute atomic E-state index is 14.9. The fourth-order valence-corrected chi connectivity index (χ4v) is 10.5. The van der Waals surface area contributed by atoms with Gasteiger partial charge in [-0.2, -0.15) is 0 Å². The monoisotopic (exact) mass is 745 g/mol. The SMILES string of the molecule is COc1nn(C)cc1C(=O)NS1(=O)=NC(=O)c2ccc3c(c2)N(C[C@@H]2CC[C@H]2[C@@H](OC)/C=C/[C@H](O)[C@H](C)[C@H]1C)C[C@@]1(CCCc2cc(C)ccc21)CO3.